The van der Waals surface area contributed by atoms with Crippen LogP contribution in [0, 0.1) is 10.1 Å². The molecule has 0 bridgehead atoms. The van der Waals surface area contributed by atoms with Gasteiger partial charge in [0.15, 0.2) is 0 Å². The van der Waals surface area contributed by atoms with Crippen molar-refractivity contribution < 1.29 is 14.8 Å². The smallest absolute Gasteiger partial charge is 0.444 e. The van der Waals surface area contributed by atoms with Gasteiger partial charge in [0, 0.05) is 4.99 Å². The molecule has 0 heterocycles. The third-order valence-corrected chi connectivity index (χ3v) is 0.262. The molecule has 1 amide bonds. The minimum atomic E-state index is -1.57. The third-order valence-electron chi connectivity index (χ3n) is 0.262. The number of hydrogen-bond donors (Lipinski definition) is 1. The van der Waals surface area contributed by atoms with Crippen LogP contribution < -0.4 is 0 Å². The maximum atomic E-state index is 9.40. The van der Waals surface area contributed by atoms with Gasteiger partial charge in [-0.25, -0.2) is 0 Å². The molecule has 0 saturated heterocycles. The van der Waals surface area contributed by atoms with E-state index >= 15 is 0 Å². The molecule has 0 aromatic heterocycles. The first-order valence-corrected chi connectivity index (χ1v) is 1.53. The summed E-state index contributed by atoms with van der Waals surface area (Å²) in [6.07, 6.45) is -1.45. The number of hydrogen-bond acceptors (Lipinski definition) is 3. The monoisotopic (exact) mass is 118 g/mol. The van der Waals surface area contributed by atoms with Crippen LogP contribution in [0.5, 0.6) is 0 Å². The molecule has 6 heteroatoms. The second kappa shape index (κ2) is 2.67. The zero-order chi connectivity index (χ0) is 6.57. The van der Waals surface area contributed by atoms with Gasteiger partial charge in [-0.3, -0.25) is 0 Å². The summed E-state index contributed by atoms with van der Waals surface area (Å²) in [4.78, 5) is 20.2. The Morgan fingerprint density at radius 2 is 2.38 bits per heavy atom. The third kappa shape index (κ3) is 4.54. The molecule has 0 fully saturated rings. The van der Waals surface area contributed by atoms with Crippen LogP contribution in [0.3, 0.4) is 0 Å². The van der Waals surface area contributed by atoms with Crippen LogP contribution >= 0.6 is 0 Å². The van der Waals surface area contributed by atoms with Gasteiger partial charge < -0.3 is 15.2 Å². The summed E-state index contributed by atoms with van der Waals surface area (Å²) in [6, 6.07) is 0. The number of carboxylic acid groups (broad SMARTS) is 1. The molecule has 8 heavy (non-hydrogen) atoms. The molecule has 0 aliphatic carbocycles. The van der Waals surface area contributed by atoms with Gasteiger partial charge in [-0.2, -0.15) is 4.79 Å². The van der Waals surface area contributed by atoms with E-state index in [0.29, 0.717) is 0 Å². The van der Waals surface area contributed by atoms with Crippen molar-refractivity contribution in [2.24, 2.45) is 4.99 Å². The van der Waals surface area contributed by atoms with E-state index in [-0.39, 0.29) is 6.34 Å². The maximum Gasteiger partial charge on any atom is 0.547 e. The zero-order valence-electron chi connectivity index (χ0n) is 3.64. The second-order valence-corrected chi connectivity index (χ2v) is 0.812. The van der Waals surface area contributed by atoms with E-state index in [1.165, 1.54) is 0 Å². The quantitative estimate of drug-likeness (QED) is 0.226. The Morgan fingerprint density at radius 3 is 2.50 bits per heavy atom. The summed E-state index contributed by atoms with van der Waals surface area (Å²) in [5.74, 6) is 0. The van der Waals surface area contributed by atoms with E-state index in [4.69, 9.17) is 5.11 Å². The van der Waals surface area contributed by atoms with E-state index < -0.39 is 11.0 Å². The van der Waals surface area contributed by atoms with Crippen LogP contribution in [0.1, 0.15) is 0 Å². The number of amides is 1. The molecule has 0 aromatic carbocycles. The van der Waals surface area contributed by atoms with Crippen LogP contribution in [0.2, 0.25) is 0 Å². The Kier molecular flexibility index (Phi) is 2.18. The topological polar surface area (TPSA) is 92.8 Å². The van der Waals surface area contributed by atoms with Crippen molar-refractivity contribution in [1.29, 1.82) is 0 Å². The number of aliphatic imine (C=N–C) groups is 1. The van der Waals surface area contributed by atoms with Gasteiger partial charge >= 0.3 is 12.4 Å². The van der Waals surface area contributed by atoms with E-state index in [2.05, 4.69) is 4.99 Å². The van der Waals surface area contributed by atoms with Gasteiger partial charge in [-0.15, -0.1) is 0 Å². The average Bonchev–Trinajstić information content (AvgIpc) is 1.61. The molecule has 0 spiro atoms. The molecule has 0 atom stereocenters. The highest BCUT2D eigenvalue weighted by molar-refractivity contribution is 5.73. The molecule has 6 nitrogen and oxygen atoms in total. The van der Waals surface area contributed by atoms with Crippen molar-refractivity contribution in [3.05, 3.63) is 10.1 Å². The van der Waals surface area contributed by atoms with Gasteiger partial charge in [0.05, 0.1) is 0 Å². The molecule has 0 saturated carbocycles. The number of rotatable bonds is 1. The first-order valence-electron chi connectivity index (χ1n) is 1.53. The Bertz CT molecular complexity index is 123. The minimum absolute atomic E-state index is 0.113. The summed E-state index contributed by atoms with van der Waals surface area (Å²) < 4.78 is 0. The number of nitro groups is 1. The van der Waals surface area contributed by atoms with Crippen molar-refractivity contribution in [1.82, 2.24) is 0 Å². The van der Waals surface area contributed by atoms with Gasteiger partial charge in [0.25, 0.3) is 0 Å². The van der Waals surface area contributed by atoms with E-state index in [1.807, 2.05) is 0 Å². The molecule has 0 radical (unpaired) electrons. The van der Waals surface area contributed by atoms with Crippen molar-refractivity contribution in [2.75, 3.05) is 0 Å². The fourth-order valence-corrected chi connectivity index (χ4v) is 0.0965. The highest BCUT2D eigenvalue weighted by atomic mass is 16.6. The fraction of sp³-hybridized carbons (Fsp3) is 0. The summed E-state index contributed by atoms with van der Waals surface area (Å²) in [7, 11) is 0. The van der Waals surface area contributed by atoms with Gasteiger partial charge in [-0.05, 0) is 4.92 Å². The van der Waals surface area contributed by atoms with Crippen LogP contribution in [-0.4, -0.2) is 22.5 Å². The first kappa shape index (κ1) is 6.54. The minimum Gasteiger partial charge on any atom is -0.444 e. The molecule has 0 aromatic rings. The van der Waals surface area contributed by atoms with Gasteiger partial charge in [0.2, 0.25) is 0 Å². The number of carbonyl (C=O) groups is 1. The number of nitrogens with zero attached hydrogens (tertiary/aromatic N) is 2. The molecule has 44 valence electrons. The van der Waals surface area contributed by atoms with E-state index in [0.717, 1.165) is 0 Å². The van der Waals surface area contributed by atoms with E-state index in [9.17, 15) is 14.9 Å². The Balaban J connectivity index is 3.67. The van der Waals surface area contributed by atoms with Crippen molar-refractivity contribution in [2.45, 2.75) is 0 Å². The molecular formula is C2H2N2O4. The maximum absolute atomic E-state index is 9.40. The molecule has 0 aliphatic heterocycles. The average molecular weight is 118 g/mol. The summed E-state index contributed by atoms with van der Waals surface area (Å²) in [5, 5.41) is 17.0. The zero-order valence-corrected chi connectivity index (χ0v) is 3.64. The predicted octanol–water partition coefficient (Wildman–Crippen LogP) is -0.0306. The molecule has 0 unspecified atom stereocenters. The van der Waals surface area contributed by atoms with Crippen molar-refractivity contribution in [3.63, 3.8) is 0 Å². The molecule has 0 rings (SSSR count). The summed E-state index contributed by atoms with van der Waals surface area (Å²) >= 11 is 0. The second-order valence-electron chi connectivity index (χ2n) is 0.812. The largest absolute Gasteiger partial charge is 0.547 e. The lowest BCUT2D eigenvalue weighted by molar-refractivity contribution is -0.338. The highest BCUT2D eigenvalue weighted by Gasteiger charge is 1.95. The fourth-order valence-electron chi connectivity index (χ4n) is 0.0965. The highest BCUT2D eigenvalue weighted by Crippen LogP contribution is 1.67. The molecular weight excluding hydrogens is 116 g/mol. The SMILES string of the molecule is O=C(O)N=C[N+](=O)[O-]. The summed E-state index contributed by atoms with van der Waals surface area (Å²) in [5.41, 5.74) is 0. The van der Waals surface area contributed by atoms with Crippen LogP contribution in [-0.2, 0) is 0 Å². The van der Waals surface area contributed by atoms with E-state index in [1.54, 1.807) is 0 Å². The molecule has 1 N–H and O–H groups in total. The first-order chi connectivity index (χ1) is 3.63. The van der Waals surface area contributed by atoms with Crippen molar-refractivity contribution >= 4 is 12.4 Å². The predicted molar refractivity (Wildman–Crippen MR) is 23.5 cm³/mol. The van der Waals surface area contributed by atoms with Gasteiger partial charge in [-0.1, -0.05) is 0 Å². The Morgan fingerprint density at radius 1 is 1.88 bits per heavy atom. The van der Waals surface area contributed by atoms with Crippen LogP contribution in [0.4, 0.5) is 4.79 Å². The van der Waals surface area contributed by atoms with Crippen molar-refractivity contribution in [3.8, 4) is 0 Å². The van der Waals surface area contributed by atoms with Gasteiger partial charge in [0.1, 0.15) is 0 Å². The Labute approximate surface area is 43.6 Å². The normalized spacial score (nSPS) is 9.50. The lowest BCUT2D eigenvalue weighted by atomic mass is 11.1. The standard InChI is InChI=1S/C2H2N2O4/c5-2(6)3-1-4(7)8/h1H,(H,5,6). The summed E-state index contributed by atoms with van der Waals surface area (Å²) in [6.45, 7) is 0. The molecule has 0 aliphatic rings. The lowest BCUT2D eigenvalue weighted by Crippen LogP contribution is -1.95. The van der Waals surface area contributed by atoms with Crippen LogP contribution in [0.25, 0.3) is 0 Å². The van der Waals surface area contributed by atoms with Crippen LogP contribution in [0.15, 0.2) is 4.99 Å². The Hall–Kier alpha value is -1.46. The lowest BCUT2D eigenvalue weighted by Gasteiger charge is -1.75.